The molecule has 4 aliphatic heterocycles. The van der Waals surface area contributed by atoms with Gasteiger partial charge in [0.05, 0.1) is 34.2 Å². The van der Waals surface area contributed by atoms with Crippen LogP contribution in [0.3, 0.4) is 0 Å². The second-order valence-electron chi connectivity index (χ2n) is 7.25. The molecule has 0 amide bonds. The van der Waals surface area contributed by atoms with Crippen LogP contribution in [0.5, 0.6) is 0 Å². The zero-order valence-corrected chi connectivity index (χ0v) is 14.7. The lowest BCUT2D eigenvalue weighted by Gasteiger charge is -2.22. The number of allylic oxidation sites excluding steroid dienone is 8. The second kappa shape index (κ2) is 5.36. The minimum absolute atomic E-state index is 0.186. The Morgan fingerprint density at radius 1 is 0.731 bits per heavy atom. The average Bonchev–Trinajstić information content (AvgIpc) is 3.37. The van der Waals surface area contributed by atoms with Crippen LogP contribution >= 0.6 is 0 Å². The lowest BCUT2D eigenvalue weighted by atomic mass is 9.81. The van der Waals surface area contributed by atoms with Gasteiger partial charge in [-0.25, -0.2) is 9.98 Å². The van der Waals surface area contributed by atoms with Crippen molar-refractivity contribution < 1.29 is 0 Å². The predicted molar refractivity (Wildman–Crippen MR) is 108 cm³/mol. The van der Waals surface area contributed by atoms with E-state index in [-0.39, 0.29) is 5.41 Å². The van der Waals surface area contributed by atoms with Gasteiger partial charge in [0.2, 0.25) is 0 Å². The number of nitrogens with one attached hydrogen (secondary N) is 1. The summed E-state index contributed by atoms with van der Waals surface area (Å²) in [5, 5.41) is 0. The topological polar surface area (TPSA) is 52.9 Å². The van der Waals surface area contributed by atoms with E-state index in [1.54, 1.807) is 0 Å². The molecular weight excluding hydrogens is 320 g/mol. The molecule has 8 bridgehead atoms. The van der Waals surface area contributed by atoms with Crippen molar-refractivity contribution in [1.29, 1.82) is 0 Å². The van der Waals surface area contributed by atoms with E-state index in [2.05, 4.69) is 59.3 Å². The number of hydrogen-bond acceptors (Lipinski definition) is 3. The first kappa shape index (κ1) is 15.0. The zero-order valence-electron chi connectivity index (χ0n) is 14.7. The monoisotopic (exact) mass is 338 g/mol. The van der Waals surface area contributed by atoms with Crippen LogP contribution in [0.15, 0.2) is 92.9 Å². The van der Waals surface area contributed by atoms with Crippen molar-refractivity contribution in [2.24, 2.45) is 15.0 Å². The molecule has 5 heterocycles. The van der Waals surface area contributed by atoms with Crippen LogP contribution in [0.1, 0.15) is 25.1 Å². The maximum atomic E-state index is 4.83. The molecule has 0 saturated heterocycles. The van der Waals surface area contributed by atoms with Gasteiger partial charge < -0.3 is 4.98 Å². The van der Waals surface area contributed by atoms with Gasteiger partial charge in [-0.05, 0) is 66.3 Å². The highest BCUT2D eigenvalue weighted by molar-refractivity contribution is 6.12. The lowest BCUT2D eigenvalue weighted by Crippen LogP contribution is -2.26. The fraction of sp³-hybridized carbons (Fsp3) is 0.136. The standard InChI is InChI=1S/C22H18N4/c1-22(2)14-9-20(23-13-14)12-18-6-5-16(25-18)10-15-3-4-17(24-15)11-19-7-8-21(22)26-19/h3-13,23H,1-2H3/b15-10-,18-12-,19-11-. The summed E-state index contributed by atoms with van der Waals surface area (Å²) in [5.41, 5.74) is 7.69. The van der Waals surface area contributed by atoms with Crippen LogP contribution < -0.4 is 0 Å². The molecule has 1 aromatic rings. The molecule has 126 valence electrons. The van der Waals surface area contributed by atoms with Gasteiger partial charge in [-0.15, -0.1) is 0 Å². The Balaban J connectivity index is 1.68. The molecular formula is C22H18N4. The largest absolute Gasteiger partial charge is 0.361 e. The van der Waals surface area contributed by atoms with Crippen molar-refractivity contribution >= 4 is 23.2 Å². The Hall–Kier alpha value is -3.27. The molecule has 0 spiro atoms. The van der Waals surface area contributed by atoms with Crippen molar-refractivity contribution in [3.8, 4) is 0 Å². The Bertz CT molecular complexity index is 1090. The molecule has 26 heavy (non-hydrogen) atoms. The molecule has 0 aromatic carbocycles. The molecule has 1 N–H and O–H groups in total. The first-order valence-electron chi connectivity index (χ1n) is 8.71. The van der Waals surface area contributed by atoms with Gasteiger partial charge in [0, 0.05) is 17.3 Å². The van der Waals surface area contributed by atoms with Crippen molar-refractivity contribution in [2.75, 3.05) is 0 Å². The van der Waals surface area contributed by atoms with Gasteiger partial charge in [0.1, 0.15) is 0 Å². The summed E-state index contributed by atoms with van der Waals surface area (Å²) in [6, 6.07) is 2.17. The number of aromatic nitrogens is 1. The van der Waals surface area contributed by atoms with Gasteiger partial charge in [-0.2, -0.15) is 0 Å². The van der Waals surface area contributed by atoms with E-state index in [4.69, 9.17) is 4.99 Å². The zero-order chi connectivity index (χ0) is 17.7. The molecule has 4 nitrogen and oxygen atoms in total. The average molecular weight is 338 g/mol. The molecule has 0 saturated carbocycles. The molecule has 0 aliphatic carbocycles. The molecule has 0 unspecified atom stereocenters. The molecule has 4 heteroatoms. The van der Waals surface area contributed by atoms with E-state index in [1.165, 1.54) is 5.56 Å². The van der Waals surface area contributed by atoms with Crippen molar-refractivity contribution in [1.82, 2.24) is 4.98 Å². The second-order valence-corrected chi connectivity index (χ2v) is 7.25. The smallest absolute Gasteiger partial charge is 0.0659 e. The molecule has 1 aromatic heterocycles. The SMILES string of the molecule is CC1(C)C2=N/C(=C\C3=NC(=C\C4=NC(=C\c5cc1c[nH]5)/C=C4)/C=C3)C=C2. The molecule has 0 fully saturated rings. The minimum Gasteiger partial charge on any atom is -0.361 e. The summed E-state index contributed by atoms with van der Waals surface area (Å²) in [6.07, 6.45) is 20.3. The van der Waals surface area contributed by atoms with Gasteiger partial charge in [0.15, 0.2) is 0 Å². The number of hydrogen-bond donors (Lipinski definition) is 1. The van der Waals surface area contributed by atoms with Gasteiger partial charge in [-0.3, -0.25) is 4.99 Å². The van der Waals surface area contributed by atoms with E-state index in [0.717, 1.165) is 39.9 Å². The van der Waals surface area contributed by atoms with Crippen LogP contribution in [0.2, 0.25) is 0 Å². The highest BCUT2D eigenvalue weighted by atomic mass is 14.8. The number of fused-ring (bicyclic) bond motifs is 5. The predicted octanol–water partition coefficient (Wildman–Crippen LogP) is 4.45. The fourth-order valence-corrected chi connectivity index (χ4v) is 3.38. The lowest BCUT2D eigenvalue weighted by molar-refractivity contribution is 0.723. The first-order valence-corrected chi connectivity index (χ1v) is 8.71. The summed E-state index contributed by atoms with van der Waals surface area (Å²) in [7, 11) is 0. The van der Waals surface area contributed by atoms with Crippen LogP contribution in [-0.4, -0.2) is 22.1 Å². The molecule has 4 aliphatic rings. The highest BCUT2D eigenvalue weighted by Crippen LogP contribution is 2.31. The van der Waals surface area contributed by atoms with E-state index in [9.17, 15) is 0 Å². The van der Waals surface area contributed by atoms with Gasteiger partial charge in [-0.1, -0.05) is 13.8 Å². The maximum Gasteiger partial charge on any atom is 0.0659 e. The van der Waals surface area contributed by atoms with Crippen LogP contribution in [0.4, 0.5) is 0 Å². The van der Waals surface area contributed by atoms with Crippen molar-refractivity contribution in [3.05, 3.63) is 89.2 Å². The third kappa shape index (κ3) is 2.51. The quantitative estimate of drug-likeness (QED) is 0.727. The Morgan fingerprint density at radius 2 is 1.35 bits per heavy atom. The minimum atomic E-state index is -0.186. The highest BCUT2D eigenvalue weighted by Gasteiger charge is 2.29. The third-order valence-electron chi connectivity index (χ3n) is 4.99. The summed E-state index contributed by atoms with van der Waals surface area (Å²) in [4.78, 5) is 17.5. The van der Waals surface area contributed by atoms with Gasteiger partial charge in [0.25, 0.3) is 0 Å². The summed E-state index contributed by atoms with van der Waals surface area (Å²) >= 11 is 0. The third-order valence-corrected chi connectivity index (χ3v) is 4.99. The van der Waals surface area contributed by atoms with Gasteiger partial charge >= 0.3 is 0 Å². The molecule has 0 atom stereocenters. The van der Waals surface area contributed by atoms with Crippen molar-refractivity contribution in [2.45, 2.75) is 19.3 Å². The first-order chi connectivity index (χ1) is 12.6. The van der Waals surface area contributed by atoms with E-state index < -0.39 is 0 Å². The van der Waals surface area contributed by atoms with E-state index in [0.29, 0.717) is 0 Å². The van der Waals surface area contributed by atoms with Crippen molar-refractivity contribution in [3.63, 3.8) is 0 Å². The van der Waals surface area contributed by atoms with Crippen LogP contribution in [-0.2, 0) is 5.41 Å². The normalized spacial score (nSPS) is 27.9. The van der Waals surface area contributed by atoms with E-state index in [1.807, 2.05) is 36.5 Å². The number of nitrogens with zero attached hydrogens (tertiary/aromatic N) is 3. The summed E-state index contributed by atoms with van der Waals surface area (Å²) in [5.74, 6) is 0. The summed E-state index contributed by atoms with van der Waals surface area (Å²) in [6.45, 7) is 4.39. The Labute approximate surface area is 152 Å². The number of H-pyrrole nitrogens is 1. The Morgan fingerprint density at radius 3 is 2.08 bits per heavy atom. The molecule has 0 radical (unpaired) electrons. The van der Waals surface area contributed by atoms with E-state index >= 15 is 0 Å². The molecule has 5 rings (SSSR count). The number of aliphatic imine (C=N–C) groups is 3. The Kier molecular flexibility index (Phi) is 3.10. The van der Waals surface area contributed by atoms with Crippen LogP contribution in [0.25, 0.3) is 6.08 Å². The number of aromatic amines is 1. The maximum absolute atomic E-state index is 4.83. The fourth-order valence-electron chi connectivity index (χ4n) is 3.38. The summed E-state index contributed by atoms with van der Waals surface area (Å²) < 4.78 is 0. The number of rotatable bonds is 0. The van der Waals surface area contributed by atoms with Crippen LogP contribution in [0, 0.1) is 0 Å².